The van der Waals surface area contributed by atoms with Crippen LogP contribution in [-0.4, -0.2) is 50.5 Å². The lowest BCUT2D eigenvalue weighted by molar-refractivity contribution is 0.0460. The van der Waals surface area contributed by atoms with Gasteiger partial charge >= 0.3 is 0 Å². The molecule has 1 rings (SSSR count). The number of hydrogen-bond acceptors (Lipinski definition) is 3. The molecule has 1 N–H and O–H groups in total. The van der Waals surface area contributed by atoms with Crippen LogP contribution < -0.4 is 0 Å². The summed E-state index contributed by atoms with van der Waals surface area (Å²) >= 11 is 0. The number of hydrogen-bond donors (Lipinski definition) is 1. The van der Waals surface area contributed by atoms with Crippen LogP contribution in [0.4, 0.5) is 0 Å². The van der Waals surface area contributed by atoms with Crippen LogP contribution in [0.2, 0.25) is 0 Å². The van der Waals surface area contributed by atoms with E-state index in [-0.39, 0.29) is 5.41 Å². The maximum Gasteiger partial charge on any atom is 0.0499 e. The Balaban J connectivity index is 2.30. The monoisotopic (exact) mass is 229 g/mol. The van der Waals surface area contributed by atoms with Crippen LogP contribution >= 0.6 is 0 Å². The topological polar surface area (TPSA) is 32.7 Å². The van der Waals surface area contributed by atoms with Crippen molar-refractivity contribution in [1.29, 1.82) is 0 Å². The van der Waals surface area contributed by atoms with E-state index in [0.717, 1.165) is 26.1 Å². The normalized spacial score (nSPS) is 20.2. The van der Waals surface area contributed by atoms with Crippen LogP contribution in [0.15, 0.2) is 0 Å². The van der Waals surface area contributed by atoms with E-state index in [1.165, 1.54) is 32.1 Å². The smallest absolute Gasteiger partial charge is 0.0499 e. The van der Waals surface area contributed by atoms with Gasteiger partial charge in [0.05, 0.1) is 0 Å². The largest absolute Gasteiger partial charge is 0.396 e. The Bertz CT molecular complexity index is 179. The summed E-state index contributed by atoms with van der Waals surface area (Å²) < 4.78 is 5.06. The number of aliphatic hydroxyl groups excluding tert-OH is 1. The van der Waals surface area contributed by atoms with Gasteiger partial charge in [-0.15, -0.1) is 0 Å². The molecule has 0 spiro atoms. The number of aliphatic hydroxyl groups is 1. The van der Waals surface area contributed by atoms with Crippen LogP contribution in [0.3, 0.4) is 0 Å². The molecule has 0 unspecified atom stereocenters. The molecule has 0 heterocycles. The van der Waals surface area contributed by atoms with Crippen LogP contribution in [-0.2, 0) is 4.74 Å². The molecule has 0 atom stereocenters. The third-order valence-electron chi connectivity index (χ3n) is 3.74. The van der Waals surface area contributed by atoms with E-state index >= 15 is 0 Å². The molecule has 96 valence electrons. The lowest BCUT2D eigenvalue weighted by atomic mass is 9.74. The molecular weight excluding hydrogens is 202 g/mol. The van der Waals surface area contributed by atoms with E-state index in [0.29, 0.717) is 6.61 Å². The molecule has 0 aromatic rings. The maximum absolute atomic E-state index is 9.61. The zero-order chi connectivity index (χ0) is 11.9. The summed E-state index contributed by atoms with van der Waals surface area (Å²) in [6.45, 7) is 3.28. The zero-order valence-corrected chi connectivity index (χ0v) is 10.9. The molecule has 1 saturated carbocycles. The lowest BCUT2D eigenvalue weighted by Crippen LogP contribution is -2.40. The summed E-state index contributed by atoms with van der Waals surface area (Å²) in [6.07, 6.45) is 7.37. The Labute approximate surface area is 99.8 Å². The van der Waals surface area contributed by atoms with E-state index < -0.39 is 0 Å². The van der Waals surface area contributed by atoms with Crippen LogP contribution in [0.25, 0.3) is 0 Å². The number of ether oxygens (including phenoxy) is 1. The lowest BCUT2D eigenvalue weighted by Gasteiger charge is -2.38. The molecule has 16 heavy (non-hydrogen) atoms. The Hall–Kier alpha value is -0.120. The molecule has 1 aliphatic rings. The Morgan fingerprint density at radius 2 is 1.94 bits per heavy atom. The minimum atomic E-state index is 0.181. The fraction of sp³-hybridized carbons (Fsp3) is 1.00. The average molecular weight is 229 g/mol. The van der Waals surface area contributed by atoms with Crippen LogP contribution in [0.5, 0.6) is 0 Å². The van der Waals surface area contributed by atoms with Crippen molar-refractivity contribution in [3.8, 4) is 0 Å². The minimum Gasteiger partial charge on any atom is -0.396 e. The Morgan fingerprint density at radius 3 is 2.50 bits per heavy atom. The summed E-state index contributed by atoms with van der Waals surface area (Å²) in [4.78, 5) is 2.35. The molecule has 0 aromatic heterocycles. The molecule has 0 aromatic carbocycles. The van der Waals surface area contributed by atoms with Gasteiger partial charge in [-0.05, 0) is 26.3 Å². The molecule has 3 nitrogen and oxygen atoms in total. The number of methoxy groups -OCH3 is 1. The van der Waals surface area contributed by atoms with Crippen LogP contribution in [0.1, 0.15) is 38.5 Å². The molecule has 0 amide bonds. The van der Waals surface area contributed by atoms with Gasteiger partial charge in [-0.3, -0.25) is 0 Å². The first-order valence-electron chi connectivity index (χ1n) is 6.51. The van der Waals surface area contributed by atoms with E-state index in [2.05, 4.69) is 11.9 Å². The molecule has 3 heteroatoms. The highest BCUT2D eigenvalue weighted by atomic mass is 16.5. The van der Waals surface area contributed by atoms with Gasteiger partial charge < -0.3 is 14.7 Å². The first kappa shape index (κ1) is 13.9. The second kappa shape index (κ2) is 7.25. The maximum atomic E-state index is 9.61. The summed E-state index contributed by atoms with van der Waals surface area (Å²) in [7, 11) is 3.90. The molecule has 1 aliphatic carbocycles. The zero-order valence-electron chi connectivity index (χ0n) is 10.9. The van der Waals surface area contributed by atoms with E-state index in [4.69, 9.17) is 4.74 Å². The van der Waals surface area contributed by atoms with Crippen molar-refractivity contribution in [1.82, 2.24) is 4.90 Å². The Kier molecular flexibility index (Phi) is 6.32. The van der Waals surface area contributed by atoms with Gasteiger partial charge in [0, 0.05) is 38.8 Å². The minimum absolute atomic E-state index is 0.181. The van der Waals surface area contributed by atoms with Gasteiger partial charge in [-0.25, -0.2) is 0 Å². The summed E-state index contributed by atoms with van der Waals surface area (Å²) in [5.74, 6) is 0. The standard InChI is InChI=1S/C13H27NO2/c1-14(9-6-10-16-2)11-13(12-15)7-4-3-5-8-13/h15H,3-12H2,1-2H3. The third-order valence-corrected chi connectivity index (χ3v) is 3.74. The molecule has 0 radical (unpaired) electrons. The average Bonchev–Trinajstić information content (AvgIpc) is 2.30. The molecule has 0 saturated heterocycles. The SMILES string of the molecule is COCCCN(C)CC1(CO)CCCCC1. The highest BCUT2D eigenvalue weighted by Gasteiger charge is 2.32. The second-order valence-electron chi connectivity index (χ2n) is 5.30. The van der Waals surface area contributed by atoms with E-state index in [1.807, 2.05) is 0 Å². The highest BCUT2D eigenvalue weighted by molar-refractivity contribution is 4.84. The number of rotatable bonds is 7. The predicted octanol–water partition coefficient (Wildman–Crippen LogP) is 1.90. The van der Waals surface area contributed by atoms with Crippen LogP contribution in [0, 0.1) is 5.41 Å². The van der Waals surface area contributed by atoms with Crippen molar-refractivity contribution in [2.75, 3.05) is 40.5 Å². The van der Waals surface area contributed by atoms with Crippen molar-refractivity contribution >= 4 is 0 Å². The van der Waals surface area contributed by atoms with Crippen molar-refractivity contribution in [3.05, 3.63) is 0 Å². The van der Waals surface area contributed by atoms with Gasteiger partial charge in [-0.1, -0.05) is 19.3 Å². The van der Waals surface area contributed by atoms with Crippen molar-refractivity contribution in [2.45, 2.75) is 38.5 Å². The fourth-order valence-electron chi connectivity index (χ4n) is 2.80. The van der Waals surface area contributed by atoms with Gasteiger partial charge in [0.1, 0.15) is 0 Å². The second-order valence-corrected chi connectivity index (χ2v) is 5.30. The van der Waals surface area contributed by atoms with Gasteiger partial charge in [-0.2, -0.15) is 0 Å². The molecular formula is C13H27NO2. The van der Waals surface area contributed by atoms with Gasteiger partial charge in [0.2, 0.25) is 0 Å². The summed E-state index contributed by atoms with van der Waals surface area (Å²) in [5, 5.41) is 9.61. The first-order valence-corrected chi connectivity index (χ1v) is 6.51. The molecule has 0 aliphatic heterocycles. The highest BCUT2D eigenvalue weighted by Crippen LogP contribution is 2.36. The van der Waals surface area contributed by atoms with E-state index in [9.17, 15) is 5.11 Å². The first-order chi connectivity index (χ1) is 7.72. The van der Waals surface area contributed by atoms with Gasteiger partial charge in [0.25, 0.3) is 0 Å². The van der Waals surface area contributed by atoms with Gasteiger partial charge in [0.15, 0.2) is 0 Å². The Morgan fingerprint density at radius 1 is 1.25 bits per heavy atom. The predicted molar refractivity (Wildman–Crippen MR) is 66.6 cm³/mol. The number of nitrogens with zero attached hydrogens (tertiary/aromatic N) is 1. The quantitative estimate of drug-likeness (QED) is 0.677. The fourth-order valence-corrected chi connectivity index (χ4v) is 2.80. The van der Waals surface area contributed by atoms with Crippen molar-refractivity contribution in [3.63, 3.8) is 0 Å². The molecule has 1 fully saturated rings. The van der Waals surface area contributed by atoms with Crippen molar-refractivity contribution in [2.24, 2.45) is 5.41 Å². The van der Waals surface area contributed by atoms with E-state index in [1.54, 1.807) is 7.11 Å². The summed E-state index contributed by atoms with van der Waals surface area (Å²) in [5.41, 5.74) is 0.181. The summed E-state index contributed by atoms with van der Waals surface area (Å²) in [6, 6.07) is 0. The van der Waals surface area contributed by atoms with Crippen molar-refractivity contribution < 1.29 is 9.84 Å². The molecule has 0 bridgehead atoms. The third kappa shape index (κ3) is 4.40.